The average Bonchev–Trinajstić information content (AvgIpc) is 2.50. The van der Waals surface area contributed by atoms with Crippen molar-refractivity contribution in [1.82, 2.24) is 0 Å². The molecule has 10 heteroatoms. The van der Waals surface area contributed by atoms with E-state index in [1.807, 2.05) is 0 Å². The van der Waals surface area contributed by atoms with E-state index in [-0.39, 0.29) is 0 Å². The van der Waals surface area contributed by atoms with Crippen LogP contribution in [0.3, 0.4) is 0 Å². The van der Waals surface area contributed by atoms with E-state index in [4.69, 9.17) is 9.47 Å². The summed E-state index contributed by atoms with van der Waals surface area (Å²) in [6, 6.07) is 1.93. The molecule has 1 rings (SSSR count). The lowest BCUT2D eigenvalue weighted by atomic mass is 10.1. The predicted octanol–water partition coefficient (Wildman–Crippen LogP) is 5.17. The Labute approximate surface area is 166 Å². The third-order valence-electron chi connectivity index (χ3n) is 3.12. The summed E-state index contributed by atoms with van der Waals surface area (Å²) in [5, 5.41) is 0. The second kappa shape index (κ2) is 8.30. The third-order valence-corrected chi connectivity index (χ3v) is 3.12. The molecule has 0 aliphatic heterocycles. The van der Waals surface area contributed by atoms with Crippen LogP contribution < -0.4 is 4.90 Å². The molecule has 0 spiro atoms. The first-order valence-corrected chi connectivity index (χ1v) is 8.52. The van der Waals surface area contributed by atoms with Gasteiger partial charge in [-0.3, -0.25) is 0 Å². The lowest BCUT2D eigenvalue weighted by Crippen LogP contribution is -2.44. The summed E-state index contributed by atoms with van der Waals surface area (Å²) in [4.78, 5) is 37.8. The molecule has 1 aromatic rings. The van der Waals surface area contributed by atoms with E-state index in [1.54, 1.807) is 0 Å². The van der Waals surface area contributed by atoms with Gasteiger partial charge in [-0.2, -0.15) is 18.1 Å². The molecular weight excluding hydrogens is 395 g/mol. The van der Waals surface area contributed by atoms with Gasteiger partial charge in [0.25, 0.3) is 0 Å². The molecule has 0 saturated carbocycles. The number of methoxy groups -OCH3 is 1. The third kappa shape index (κ3) is 6.95. The Hall–Kier alpha value is -2.78. The van der Waals surface area contributed by atoms with Gasteiger partial charge in [-0.05, 0) is 59.7 Å². The Bertz CT molecular complexity index is 763. The first-order valence-electron chi connectivity index (χ1n) is 8.52. The van der Waals surface area contributed by atoms with Crippen molar-refractivity contribution in [2.75, 3.05) is 12.0 Å². The van der Waals surface area contributed by atoms with Crippen LogP contribution in [-0.4, -0.2) is 36.5 Å². The molecule has 0 heterocycles. The number of imide groups is 1. The monoisotopic (exact) mass is 419 g/mol. The zero-order chi connectivity index (χ0) is 22.8. The Kier molecular flexibility index (Phi) is 6.94. The quantitative estimate of drug-likeness (QED) is 0.486. The predicted molar refractivity (Wildman–Crippen MR) is 97.7 cm³/mol. The van der Waals surface area contributed by atoms with Crippen molar-refractivity contribution in [1.29, 1.82) is 0 Å². The van der Waals surface area contributed by atoms with Crippen LogP contribution in [0.1, 0.15) is 57.5 Å². The maximum atomic E-state index is 13.1. The van der Waals surface area contributed by atoms with Gasteiger partial charge < -0.3 is 14.2 Å². The van der Waals surface area contributed by atoms with Crippen LogP contribution >= 0.6 is 0 Å². The summed E-state index contributed by atoms with van der Waals surface area (Å²) < 4.78 is 54.1. The Morgan fingerprint density at radius 3 is 1.66 bits per heavy atom. The molecule has 0 saturated heterocycles. The highest BCUT2D eigenvalue weighted by Crippen LogP contribution is 2.34. The lowest BCUT2D eigenvalue weighted by Gasteiger charge is -2.29. The van der Waals surface area contributed by atoms with Gasteiger partial charge in [0, 0.05) is 0 Å². The molecule has 0 fully saturated rings. The second-order valence-electron chi connectivity index (χ2n) is 8.02. The number of anilines is 1. The molecule has 0 unspecified atom stereocenters. The SMILES string of the molecule is COC(=O)c1cc(C(F)(F)F)ccc1N(C(=O)OC(C)(C)C)C(=O)OC(C)(C)C. The number of esters is 1. The van der Waals surface area contributed by atoms with Crippen molar-refractivity contribution in [2.24, 2.45) is 0 Å². The highest BCUT2D eigenvalue weighted by molar-refractivity contribution is 6.13. The summed E-state index contributed by atoms with van der Waals surface area (Å²) in [5.74, 6) is -1.18. The molecule has 29 heavy (non-hydrogen) atoms. The van der Waals surface area contributed by atoms with Gasteiger partial charge in [-0.1, -0.05) is 0 Å². The first-order chi connectivity index (χ1) is 13.0. The normalized spacial score (nSPS) is 12.2. The summed E-state index contributed by atoms with van der Waals surface area (Å²) in [5.41, 5.74) is -4.34. The number of carbonyl (C=O) groups is 3. The fourth-order valence-corrected chi connectivity index (χ4v) is 2.07. The Morgan fingerprint density at radius 1 is 0.862 bits per heavy atom. The van der Waals surface area contributed by atoms with Crippen LogP contribution in [0.15, 0.2) is 18.2 Å². The molecule has 0 aliphatic rings. The maximum absolute atomic E-state index is 13.1. The number of nitrogens with zero attached hydrogens (tertiary/aromatic N) is 1. The van der Waals surface area contributed by atoms with Crippen molar-refractivity contribution in [3.63, 3.8) is 0 Å². The molecule has 0 aliphatic carbocycles. The van der Waals surface area contributed by atoms with E-state index >= 15 is 0 Å². The van der Waals surface area contributed by atoms with Gasteiger partial charge in [-0.15, -0.1) is 0 Å². The Morgan fingerprint density at radius 2 is 1.31 bits per heavy atom. The standard InChI is InChI=1S/C19H24F3NO6/c1-17(2,3)28-15(25)23(16(26)29-18(4,5)6)13-9-8-11(19(20,21)22)10-12(13)14(24)27-7/h8-10H,1-7H3. The number of carbonyl (C=O) groups excluding carboxylic acids is 3. The van der Waals surface area contributed by atoms with E-state index in [0.717, 1.165) is 13.2 Å². The molecule has 0 bridgehead atoms. The zero-order valence-electron chi connectivity index (χ0n) is 17.3. The van der Waals surface area contributed by atoms with Crippen LogP contribution in [0.2, 0.25) is 0 Å². The van der Waals surface area contributed by atoms with Crippen molar-refractivity contribution >= 4 is 23.8 Å². The van der Waals surface area contributed by atoms with Crippen molar-refractivity contribution in [3.05, 3.63) is 29.3 Å². The minimum Gasteiger partial charge on any atom is -0.465 e. The number of amides is 2. The molecule has 0 aromatic heterocycles. The van der Waals surface area contributed by atoms with Crippen LogP contribution in [-0.2, 0) is 20.4 Å². The van der Waals surface area contributed by atoms with Gasteiger partial charge in [-0.25, -0.2) is 14.4 Å². The number of ether oxygens (including phenoxy) is 3. The number of halogens is 3. The minimum atomic E-state index is -4.76. The van der Waals surface area contributed by atoms with Crippen molar-refractivity contribution < 1.29 is 41.8 Å². The van der Waals surface area contributed by atoms with Crippen LogP contribution in [0.25, 0.3) is 0 Å². The molecule has 0 radical (unpaired) electrons. The first kappa shape index (κ1) is 24.3. The summed E-state index contributed by atoms with van der Waals surface area (Å²) in [7, 11) is 0.956. The van der Waals surface area contributed by atoms with Crippen LogP contribution in [0.5, 0.6) is 0 Å². The molecule has 162 valence electrons. The topological polar surface area (TPSA) is 82.1 Å². The zero-order valence-corrected chi connectivity index (χ0v) is 17.3. The number of benzene rings is 1. The molecular formula is C19H24F3NO6. The van der Waals surface area contributed by atoms with E-state index in [9.17, 15) is 27.6 Å². The number of hydrogen-bond acceptors (Lipinski definition) is 6. The fourth-order valence-electron chi connectivity index (χ4n) is 2.07. The van der Waals surface area contributed by atoms with E-state index in [0.29, 0.717) is 17.0 Å². The molecule has 2 amide bonds. The molecule has 7 nitrogen and oxygen atoms in total. The summed E-state index contributed by atoms with van der Waals surface area (Å²) >= 11 is 0. The van der Waals surface area contributed by atoms with Gasteiger partial charge in [0.2, 0.25) is 0 Å². The van der Waals surface area contributed by atoms with Gasteiger partial charge >= 0.3 is 24.3 Å². The number of hydrogen-bond donors (Lipinski definition) is 0. The van der Waals surface area contributed by atoms with Crippen molar-refractivity contribution in [3.8, 4) is 0 Å². The van der Waals surface area contributed by atoms with Crippen LogP contribution in [0.4, 0.5) is 28.4 Å². The number of alkyl halides is 3. The Balaban J connectivity index is 3.64. The fraction of sp³-hybridized carbons (Fsp3) is 0.526. The van der Waals surface area contributed by atoms with E-state index in [1.165, 1.54) is 41.5 Å². The molecule has 0 N–H and O–H groups in total. The van der Waals surface area contributed by atoms with Crippen molar-refractivity contribution in [2.45, 2.75) is 58.9 Å². The average molecular weight is 419 g/mol. The lowest BCUT2D eigenvalue weighted by molar-refractivity contribution is -0.137. The summed E-state index contributed by atoms with van der Waals surface area (Å²) in [6.07, 6.45) is -7.21. The van der Waals surface area contributed by atoms with Gasteiger partial charge in [0.1, 0.15) is 11.2 Å². The van der Waals surface area contributed by atoms with E-state index < -0.39 is 52.3 Å². The second-order valence-corrected chi connectivity index (χ2v) is 8.02. The minimum absolute atomic E-state index is 0.364. The largest absolute Gasteiger partial charge is 0.465 e. The van der Waals surface area contributed by atoms with Gasteiger partial charge in [0.15, 0.2) is 0 Å². The van der Waals surface area contributed by atoms with E-state index in [2.05, 4.69) is 4.74 Å². The highest BCUT2D eigenvalue weighted by Gasteiger charge is 2.37. The highest BCUT2D eigenvalue weighted by atomic mass is 19.4. The smallest absolute Gasteiger partial charge is 0.424 e. The molecule has 1 aromatic carbocycles. The molecule has 0 atom stereocenters. The maximum Gasteiger partial charge on any atom is 0.424 e. The summed E-state index contributed by atoms with van der Waals surface area (Å²) in [6.45, 7) is 9.20. The van der Waals surface area contributed by atoms with Gasteiger partial charge in [0.05, 0.1) is 23.9 Å². The van der Waals surface area contributed by atoms with Crippen LogP contribution in [0, 0.1) is 0 Å². The number of rotatable bonds is 2.